The number of hydrogen-bond donors (Lipinski definition) is 1. The van der Waals surface area contributed by atoms with Crippen molar-refractivity contribution >= 4 is 6.21 Å². The molecule has 1 fully saturated rings. The van der Waals surface area contributed by atoms with E-state index in [1.54, 1.807) is 6.21 Å². The first kappa shape index (κ1) is 14.5. The van der Waals surface area contributed by atoms with Crippen LogP contribution < -0.4 is 0 Å². The Bertz CT molecular complexity index is 202. The van der Waals surface area contributed by atoms with Gasteiger partial charge in [-0.05, 0) is 57.7 Å². The highest BCUT2D eigenvalue weighted by Crippen LogP contribution is 2.15. The van der Waals surface area contributed by atoms with Gasteiger partial charge < -0.3 is 14.8 Å². The van der Waals surface area contributed by atoms with Crippen LogP contribution >= 0.6 is 0 Å². The maximum atomic E-state index is 8.47. The second kappa shape index (κ2) is 9.42. The molecule has 4 heteroatoms. The summed E-state index contributed by atoms with van der Waals surface area (Å²) in [6, 6.07) is 0. The zero-order valence-electron chi connectivity index (χ0n) is 11.0. The molecule has 0 radical (unpaired) electrons. The fraction of sp³-hybridized carbons (Fsp3) is 0.923. The standard InChI is InChI=1S/C13H26N2O2/c1-2-10-17-11-4-3-7-15-8-5-13(6-9-15)12-14-16/h12-13,16H,2-11H2,1H3. The van der Waals surface area contributed by atoms with E-state index in [-0.39, 0.29) is 0 Å². The van der Waals surface area contributed by atoms with Crippen molar-refractivity contribution < 1.29 is 9.94 Å². The molecule has 0 aromatic rings. The first-order valence-corrected chi connectivity index (χ1v) is 6.84. The molecule has 0 bridgehead atoms. The fourth-order valence-electron chi connectivity index (χ4n) is 2.21. The number of nitrogens with zero attached hydrogens (tertiary/aromatic N) is 2. The predicted octanol–water partition coefficient (Wildman–Crippen LogP) is 2.37. The first-order chi connectivity index (χ1) is 8.36. The van der Waals surface area contributed by atoms with Gasteiger partial charge in [0.2, 0.25) is 0 Å². The van der Waals surface area contributed by atoms with Gasteiger partial charge in [-0.1, -0.05) is 6.92 Å². The highest BCUT2D eigenvalue weighted by molar-refractivity contribution is 5.59. The molecule has 1 rings (SSSR count). The molecule has 1 aliphatic heterocycles. The van der Waals surface area contributed by atoms with Crippen molar-refractivity contribution in [3.63, 3.8) is 0 Å². The molecule has 0 amide bonds. The van der Waals surface area contributed by atoms with Crippen LogP contribution in [0.15, 0.2) is 5.16 Å². The molecular weight excluding hydrogens is 216 g/mol. The lowest BCUT2D eigenvalue weighted by molar-refractivity contribution is 0.125. The Labute approximate surface area is 105 Å². The minimum atomic E-state index is 0.476. The lowest BCUT2D eigenvalue weighted by Gasteiger charge is -2.29. The van der Waals surface area contributed by atoms with Crippen LogP contribution in [-0.4, -0.2) is 49.2 Å². The summed E-state index contributed by atoms with van der Waals surface area (Å²) in [5.41, 5.74) is 0. The van der Waals surface area contributed by atoms with Crippen LogP contribution in [0.25, 0.3) is 0 Å². The molecule has 0 aromatic heterocycles. The Morgan fingerprint density at radius 2 is 2.06 bits per heavy atom. The van der Waals surface area contributed by atoms with Gasteiger partial charge in [-0.25, -0.2) is 0 Å². The van der Waals surface area contributed by atoms with Crippen LogP contribution in [0.3, 0.4) is 0 Å². The average Bonchev–Trinajstić information content (AvgIpc) is 2.36. The van der Waals surface area contributed by atoms with Gasteiger partial charge in [0.1, 0.15) is 0 Å². The Morgan fingerprint density at radius 3 is 2.71 bits per heavy atom. The van der Waals surface area contributed by atoms with Gasteiger partial charge >= 0.3 is 0 Å². The fourth-order valence-corrected chi connectivity index (χ4v) is 2.21. The predicted molar refractivity (Wildman–Crippen MR) is 69.8 cm³/mol. The van der Waals surface area contributed by atoms with E-state index in [0.29, 0.717) is 5.92 Å². The van der Waals surface area contributed by atoms with Crippen LogP contribution in [0.5, 0.6) is 0 Å². The van der Waals surface area contributed by atoms with E-state index in [9.17, 15) is 0 Å². The van der Waals surface area contributed by atoms with Crippen LogP contribution in [0.4, 0.5) is 0 Å². The summed E-state index contributed by atoms with van der Waals surface area (Å²) in [4.78, 5) is 2.50. The Morgan fingerprint density at radius 1 is 1.29 bits per heavy atom. The van der Waals surface area contributed by atoms with Gasteiger partial charge in [0.25, 0.3) is 0 Å². The molecule has 4 nitrogen and oxygen atoms in total. The van der Waals surface area contributed by atoms with Gasteiger partial charge in [-0.15, -0.1) is 5.16 Å². The van der Waals surface area contributed by atoms with Crippen molar-refractivity contribution in [2.75, 3.05) is 32.8 Å². The molecule has 100 valence electrons. The largest absolute Gasteiger partial charge is 0.411 e. The molecule has 0 aliphatic carbocycles. The minimum absolute atomic E-state index is 0.476. The zero-order valence-corrected chi connectivity index (χ0v) is 11.0. The average molecular weight is 242 g/mol. The number of piperidine rings is 1. The number of ether oxygens (including phenoxy) is 1. The molecule has 1 saturated heterocycles. The van der Waals surface area contributed by atoms with Gasteiger partial charge in [0.15, 0.2) is 0 Å². The second-order valence-electron chi connectivity index (χ2n) is 4.76. The molecule has 0 saturated carbocycles. The van der Waals surface area contributed by atoms with Crippen molar-refractivity contribution in [2.24, 2.45) is 11.1 Å². The molecule has 0 unspecified atom stereocenters. The number of rotatable bonds is 8. The molecule has 0 aromatic carbocycles. The lowest BCUT2D eigenvalue weighted by atomic mass is 9.98. The molecule has 1 heterocycles. The summed E-state index contributed by atoms with van der Waals surface area (Å²) in [5, 5.41) is 11.6. The quantitative estimate of drug-likeness (QED) is 0.307. The molecule has 0 spiro atoms. The maximum Gasteiger partial charge on any atom is 0.0467 e. The van der Waals surface area contributed by atoms with E-state index in [0.717, 1.165) is 52.0 Å². The van der Waals surface area contributed by atoms with E-state index < -0.39 is 0 Å². The summed E-state index contributed by atoms with van der Waals surface area (Å²) in [6.45, 7) is 7.38. The third-order valence-corrected chi connectivity index (χ3v) is 3.27. The van der Waals surface area contributed by atoms with Gasteiger partial charge in [0, 0.05) is 19.4 Å². The summed E-state index contributed by atoms with van der Waals surface area (Å²) in [7, 11) is 0. The molecular formula is C13H26N2O2. The van der Waals surface area contributed by atoms with E-state index in [1.807, 2.05) is 0 Å². The summed E-state index contributed by atoms with van der Waals surface area (Å²) in [5.74, 6) is 0.476. The number of hydrogen-bond acceptors (Lipinski definition) is 4. The minimum Gasteiger partial charge on any atom is -0.411 e. The summed E-state index contributed by atoms with van der Waals surface area (Å²) >= 11 is 0. The van der Waals surface area contributed by atoms with Gasteiger partial charge in [-0.3, -0.25) is 0 Å². The SMILES string of the molecule is CCCOCCCCN1CCC(C=NO)CC1. The van der Waals surface area contributed by atoms with Crippen molar-refractivity contribution in [2.45, 2.75) is 39.0 Å². The summed E-state index contributed by atoms with van der Waals surface area (Å²) < 4.78 is 5.46. The second-order valence-corrected chi connectivity index (χ2v) is 4.76. The van der Waals surface area contributed by atoms with Crippen LogP contribution in [-0.2, 0) is 4.74 Å². The highest BCUT2D eigenvalue weighted by atomic mass is 16.5. The number of unbranched alkanes of at least 4 members (excludes halogenated alkanes) is 1. The molecule has 1 N–H and O–H groups in total. The molecule has 0 atom stereocenters. The maximum absolute atomic E-state index is 8.47. The Kier molecular flexibility index (Phi) is 8.01. The summed E-state index contributed by atoms with van der Waals surface area (Å²) in [6.07, 6.45) is 7.42. The van der Waals surface area contributed by atoms with Crippen molar-refractivity contribution in [1.82, 2.24) is 4.90 Å². The normalized spacial score (nSPS) is 19.1. The lowest BCUT2D eigenvalue weighted by Crippen LogP contribution is -2.34. The monoisotopic (exact) mass is 242 g/mol. The van der Waals surface area contributed by atoms with E-state index in [1.165, 1.54) is 13.0 Å². The number of likely N-dealkylation sites (tertiary alicyclic amines) is 1. The van der Waals surface area contributed by atoms with Crippen LogP contribution in [0, 0.1) is 5.92 Å². The Hall–Kier alpha value is -0.610. The van der Waals surface area contributed by atoms with Crippen molar-refractivity contribution in [1.29, 1.82) is 0 Å². The Balaban J connectivity index is 1.95. The van der Waals surface area contributed by atoms with Gasteiger partial charge in [0.05, 0.1) is 0 Å². The highest BCUT2D eigenvalue weighted by Gasteiger charge is 2.17. The van der Waals surface area contributed by atoms with E-state index in [2.05, 4.69) is 17.0 Å². The first-order valence-electron chi connectivity index (χ1n) is 6.84. The molecule has 1 aliphatic rings. The topological polar surface area (TPSA) is 45.1 Å². The smallest absolute Gasteiger partial charge is 0.0467 e. The molecule has 17 heavy (non-hydrogen) atoms. The van der Waals surface area contributed by atoms with E-state index in [4.69, 9.17) is 9.94 Å². The van der Waals surface area contributed by atoms with Crippen LogP contribution in [0.1, 0.15) is 39.0 Å². The zero-order chi connectivity index (χ0) is 12.3. The van der Waals surface area contributed by atoms with E-state index >= 15 is 0 Å². The van der Waals surface area contributed by atoms with Crippen molar-refractivity contribution in [3.05, 3.63) is 0 Å². The third kappa shape index (κ3) is 6.64. The number of oxime groups is 1. The van der Waals surface area contributed by atoms with Crippen molar-refractivity contribution in [3.8, 4) is 0 Å². The third-order valence-electron chi connectivity index (χ3n) is 3.27. The van der Waals surface area contributed by atoms with Crippen LogP contribution in [0.2, 0.25) is 0 Å². The van der Waals surface area contributed by atoms with Gasteiger partial charge in [-0.2, -0.15) is 0 Å².